The molecule has 0 heterocycles. The van der Waals surface area contributed by atoms with Crippen LogP contribution in [0.1, 0.15) is 13.8 Å². The van der Waals surface area contributed by atoms with Gasteiger partial charge in [0.2, 0.25) is 0 Å². The standard InChI is InChI=1S/C6H14O3.C4H6O3/c1-5(8)4-9-6(2)3-7;1-3(2-5)4(6)7/h5-8H,3-4H2,1-2H3;5H,1-2H2,(H,6,7). The molecule has 0 aromatic heterocycles. The molecule has 0 fully saturated rings. The number of hydrogen-bond acceptors (Lipinski definition) is 5. The van der Waals surface area contributed by atoms with Crippen molar-refractivity contribution >= 4 is 5.97 Å². The third-order valence-corrected chi connectivity index (χ3v) is 1.37. The number of carbonyl (C=O) groups is 1. The van der Waals surface area contributed by atoms with E-state index >= 15 is 0 Å². The highest BCUT2D eigenvalue weighted by Gasteiger charge is 2.00. The monoisotopic (exact) mass is 236 g/mol. The van der Waals surface area contributed by atoms with Gasteiger partial charge in [-0.3, -0.25) is 0 Å². The quantitative estimate of drug-likeness (QED) is 0.458. The molecule has 4 N–H and O–H groups in total. The van der Waals surface area contributed by atoms with Gasteiger partial charge in [-0.05, 0) is 13.8 Å². The lowest BCUT2D eigenvalue weighted by molar-refractivity contribution is -0.133. The van der Waals surface area contributed by atoms with Crippen molar-refractivity contribution in [3.63, 3.8) is 0 Å². The molecule has 0 aliphatic carbocycles. The maximum atomic E-state index is 9.67. The highest BCUT2D eigenvalue weighted by molar-refractivity contribution is 5.85. The molecule has 6 nitrogen and oxygen atoms in total. The lowest BCUT2D eigenvalue weighted by atomic mass is 10.3. The van der Waals surface area contributed by atoms with E-state index in [1.54, 1.807) is 13.8 Å². The minimum absolute atomic E-state index is 0.00667. The zero-order valence-electron chi connectivity index (χ0n) is 9.59. The summed E-state index contributed by atoms with van der Waals surface area (Å²) in [7, 11) is 0. The van der Waals surface area contributed by atoms with Crippen LogP contribution in [0.2, 0.25) is 0 Å². The molecule has 96 valence electrons. The number of carboxylic acids is 1. The van der Waals surface area contributed by atoms with Crippen molar-refractivity contribution in [2.45, 2.75) is 26.1 Å². The van der Waals surface area contributed by atoms with E-state index in [0.29, 0.717) is 6.61 Å². The van der Waals surface area contributed by atoms with Gasteiger partial charge in [-0.15, -0.1) is 0 Å². The molecule has 2 unspecified atom stereocenters. The third kappa shape index (κ3) is 13.1. The van der Waals surface area contributed by atoms with E-state index < -0.39 is 18.7 Å². The molecule has 0 saturated heterocycles. The molecule has 6 heteroatoms. The van der Waals surface area contributed by atoms with Gasteiger partial charge in [0.25, 0.3) is 0 Å². The van der Waals surface area contributed by atoms with Gasteiger partial charge in [-0.25, -0.2) is 4.79 Å². The van der Waals surface area contributed by atoms with Crippen molar-refractivity contribution in [2.75, 3.05) is 19.8 Å². The normalized spacial score (nSPS) is 13.3. The molecule has 0 rings (SSSR count). The van der Waals surface area contributed by atoms with Gasteiger partial charge in [0.05, 0.1) is 37.6 Å². The fourth-order valence-electron chi connectivity index (χ4n) is 0.424. The number of rotatable bonds is 6. The van der Waals surface area contributed by atoms with Gasteiger partial charge in [0.1, 0.15) is 0 Å². The van der Waals surface area contributed by atoms with E-state index in [4.69, 9.17) is 25.2 Å². The van der Waals surface area contributed by atoms with Crippen molar-refractivity contribution in [3.8, 4) is 0 Å². The largest absolute Gasteiger partial charge is 0.478 e. The fourth-order valence-corrected chi connectivity index (χ4v) is 0.424. The summed E-state index contributed by atoms with van der Waals surface area (Å²) in [6, 6.07) is 0. The van der Waals surface area contributed by atoms with Crippen LogP contribution in [0.3, 0.4) is 0 Å². The summed E-state index contributed by atoms with van der Waals surface area (Å²) in [6.07, 6.45) is -0.612. The summed E-state index contributed by atoms with van der Waals surface area (Å²) >= 11 is 0. The van der Waals surface area contributed by atoms with Crippen molar-refractivity contribution in [3.05, 3.63) is 12.2 Å². The molecular formula is C10H20O6. The molecule has 0 spiro atoms. The molecule has 0 bridgehead atoms. The lowest BCUT2D eigenvalue weighted by Crippen LogP contribution is -2.19. The maximum absolute atomic E-state index is 9.67. The van der Waals surface area contributed by atoms with Crippen LogP contribution in [0.15, 0.2) is 12.2 Å². The Morgan fingerprint density at radius 2 is 1.88 bits per heavy atom. The lowest BCUT2D eigenvalue weighted by Gasteiger charge is -2.10. The first-order chi connectivity index (χ1) is 7.34. The highest BCUT2D eigenvalue weighted by atomic mass is 16.5. The van der Waals surface area contributed by atoms with Crippen LogP contribution in [0, 0.1) is 0 Å². The Hall–Kier alpha value is -0.950. The molecule has 0 saturated carbocycles. The second-order valence-electron chi connectivity index (χ2n) is 3.24. The van der Waals surface area contributed by atoms with Gasteiger partial charge >= 0.3 is 5.97 Å². The number of ether oxygens (including phenoxy) is 1. The summed E-state index contributed by atoms with van der Waals surface area (Å²) in [5, 5.41) is 33.1. The van der Waals surface area contributed by atoms with Crippen molar-refractivity contribution < 1.29 is 30.0 Å². The maximum Gasteiger partial charge on any atom is 0.333 e. The second kappa shape index (κ2) is 10.6. The highest BCUT2D eigenvalue weighted by Crippen LogP contribution is 1.90. The van der Waals surface area contributed by atoms with Crippen LogP contribution in [0.4, 0.5) is 0 Å². The first kappa shape index (κ1) is 17.4. The molecule has 0 aromatic carbocycles. The first-order valence-corrected chi connectivity index (χ1v) is 4.77. The topological polar surface area (TPSA) is 107 Å². The molecule has 16 heavy (non-hydrogen) atoms. The van der Waals surface area contributed by atoms with Crippen LogP contribution in [-0.2, 0) is 9.53 Å². The summed E-state index contributed by atoms with van der Waals surface area (Å²) in [5.41, 5.74) is -0.181. The SMILES string of the molecule is C=C(CO)C(=O)O.CC(O)COC(C)CO. The molecule has 0 aliphatic rings. The zero-order chi connectivity index (χ0) is 13.1. The molecular weight excluding hydrogens is 216 g/mol. The van der Waals surface area contributed by atoms with E-state index in [2.05, 4.69) is 6.58 Å². The van der Waals surface area contributed by atoms with E-state index in [9.17, 15) is 4.79 Å². The van der Waals surface area contributed by atoms with Crippen LogP contribution >= 0.6 is 0 Å². The van der Waals surface area contributed by atoms with Crippen LogP contribution in [-0.4, -0.2) is 58.4 Å². The molecule has 0 radical (unpaired) electrons. The second-order valence-corrected chi connectivity index (χ2v) is 3.24. The van der Waals surface area contributed by atoms with Gasteiger partial charge in [-0.2, -0.15) is 0 Å². The number of aliphatic hydroxyl groups is 3. The minimum Gasteiger partial charge on any atom is -0.478 e. The smallest absolute Gasteiger partial charge is 0.333 e. The predicted molar refractivity (Wildman–Crippen MR) is 58.0 cm³/mol. The van der Waals surface area contributed by atoms with Crippen LogP contribution in [0.5, 0.6) is 0 Å². The molecule has 0 aliphatic heterocycles. The van der Waals surface area contributed by atoms with Crippen LogP contribution < -0.4 is 0 Å². The van der Waals surface area contributed by atoms with E-state index in [1.807, 2.05) is 0 Å². The average molecular weight is 236 g/mol. The van der Waals surface area contributed by atoms with Crippen molar-refractivity contribution in [1.29, 1.82) is 0 Å². The Morgan fingerprint density at radius 3 is 2.06 bits per heavy atom. The number of aliphatic hydroxyl groups excluding tert-OH is 3. The van der Waals surface area contributed by atoms with E-state index in [-0.39, 0.29) is 18.3 Å². The number of hydrogen-bond donors (Lipinski definition) is 4. The minimum atomic E-state index is -1.15. The van der Waals surface area contributed by atoms with Gasteiger partial charge in [0, 0.05) is 0 Å². The molecule has 0 aromatic rings. The third-order valence-electron chi connectivity index (χ3n) is 1.37. The zero-order valence-corrected chi connectivity index (χ0v) is 9.59. The fraction of sp³-hybridized carbons (Fsp3) is 0.700. The van der Waals surface area contributed by atoms with Crippen LogP contribution in [0.25, 0.3) is 0 Å². The Morgan fingerprint density at radius 1 is 1.38 bits per heavy atom. The Labute approximate surface area is 94.8 Å². The molecule has 0 amide bonds. The summed E-state index contributed by atoms with van der Waals surface area (Å²) in [4.78, 5) is 9.67. The summed E-state index contributed by atoms with van der Waals surface area (Å²) in [6.45, 7) is 6.24. The molecule has 2 atom stereocenters. The summed E-state index contributed by atoms with van der Waals surface area (Å²) in [5.74, 6) is -1.15. The van der Waals surface area contributed by atoms with E-state index in [0.717, 1.165) is 0 Å². The number of aliphatic carboxylic acids is 1. The summed E-state index contributed by atoms with van der Waals surface area (Å²) < 4.78 is 4.95. The van der Waals surface area contributed by atoms with Gasteiger partial charge in [-0.1, -0.05) is 6.58 Å². The predicted octanol–water partition coefficient (Wildman–Crippen LogP) is -0.616. The Balaban J connectivity index is 0. The Bertz CT molecular complexity index is 201. The number of carboxylic acid groups (broad SMARTS) is 1. The van der Waals surface area contributed by atoms with Gasteiger partial charge < -0.3 is 25.2 Å². The van der Waals surface area contributed by atoms with Crippen molar-refractivity contribution in [1.82, 2.24) is 0 Å². The first-order valence-electron chi connectivity index (χ1n) is 4.77. The average Bonchev–Trinajstić information content (AvgIpc) is 2.25. The van der Waals surface area contributed by atoms with Gasteiger partial charge in [0.15, 0.2) is 0 Å². The Kier molecular flexibility index (Phi) is 11.5. The van der Waals surface area contributed by atoms with E-state index in [1.165, 1.54) is 0 Å². The van der Waals surface area contributed by atoms with Crippen molar-refractivity contribution in [2.24, 2.45) is 0 Å².